The Morgan fingerprint density at radius 1 is 0.939 bits per heavy atom. The van der Waals surface area contributed by atoms with E-state index in [1.807, 2.05) is 30.3 Å². The van der Waals surface area contributed by atoms with Crippen LogP contribution in [0.25, 0.3) is 0 Å². The van der Waals surface area contributed by atoms with Gasteiger partial charge in [-0.05, 0) is 54.4 Å². The van der Waals surface area contributed by atoms with E-state index in [0.29, 0.717) is 28.4 Å². The lowest BCUT2D eigenvalue weighted by Crippen LogP contribution is -2.27. The van der Waals surface area contributed by atoms with E-state index in [0.717, 1.165) is 9.98 Å². The van der Waals surface area contributed by atoms with Crippen molar-refractivity contribution < 1.29 is 16.8 Å². The van der Waals surface area contributed by atoms with Crippen molar-refractivity contribution >= 4 is 43.0 Å². The molecule has 0 saturated carbocycles. The number of sulfonamides is 2. The normalized spacial score (nSPS) is 16.5. The number of hydrogen-bond acceptors (Lipinski definition) is 5. The summed E-state index contributed by atoms with van der Waals surface area (Å²) in [6.07, 6.45) is 0.372. The molecule has 0 aliphatic carbocycles. The number of benzene rings is 3. The fraction of sp³-hybridized carbons (Fsp3) is 0.174. The monoisotopic (exact) mass is 503 g/mol. The van der Waals surface area contributed by atoms with Crippen LogP contribution in [-0.4, -0.2) is 32.7 Å². The largest absolute Gasteiger partial charge is 0.284 e. The molecule has 7 nitrogen and oxygen atoms in total. The second-order valence-electron chi connectivity index (χ2n) is 7.49. The Balaban J connectivity index is 1.70. The third kappa shape index (κ3) is 5.05. The highest BCUT2D eigenvalue weighted by Gasteiger charge is 2.37. The summed E-state index contributed by atoms with van der Waals surface area (Å²) < 4.78 is 54.1. The molecule has 0 radical (unpaired) electrons. The summed E-state index contributed by atoms with van der Waals surface area (Å²) in [5.74, 6) is -0.0300. The molecule has 33 heavy (non-hydrogen) atoms. The highest BCUT2D eigenvalue weighted by atomic mass is 35.5. The Kier molecular flexibility index (Phi) is 6.47. The first kappa shape index (κ1) is 23.3. The average molecular weight is 504 g/mol. The number of nitrogens with one attached hydrogen (secondary N) is 1. The fourth-order valence-electron chi connectivity index (χ4n) is 3.51. The van der Waals surface area contributed by atoms with Gasteiger partial charge in [0.05, 0.1) is 22.4 Å². The van der Waals surface area contributed by atoms with Gasteiger partial charge in [0, 0.05) is 17.1 Å². The first-order valence-electron chi connectivity index (χ1n) is 10.2. The molecule has 0 amide bonds. The van der Waals surface area contributed by atoms with Crippen LogP contribution in [-0.2, 0) is 20.0 Å². The zero-order valence-electron chi connectivity index (χ0n) is 17.7. The van der Waals surface area contributed by atoms with Crippen LogP contribution in [0.5, 0.6) is 0 Å². The maximum Gasteiger partial charge on any atom is 0.279 e. The molecule has 4 rings (SSSR count). The van der Waals surface area contributed by atoms with E-state index in [4.69, 9.17) is 11.6 Å². The third-order valence-electron chi connectivity index (χ3n) is 5.29. The molecule has 1 N–H and O–H groups in total. The Morgan fingerprint density at radius 3 is 2.18 bits per heavy atom. The number of halogens is 1. The lowest BCUT2D eigenvalue weighted by Gasteiger charge is -2.23. The summed E-state index contributed by atoms with van der Waals surface area (Å²) >= 11 is 5.93. The lowest BCUT2D eigenvalue weighted by atomic mass is 9.99. The Hall–Kier alpha value is -2.88. The number of rotatable bonds is 7. The molecule has 0 saturated heterocycles. The first-order valence-corrected chi connectivity index (χ1v) is 13.7. The molecule has 10 heteroatoms. The zero-order valence-corrected chi connectivity index (χ0v) is 20.1. The second-order valence-corrected chi connectivity index (χ2v) is 11.7. The molecule has 0 aromatic heterocycles. The van der Waals surface area contributed by atoms with Gasteiger partial charge in [-0.2, -0.15) is 17.9 Å². The van der Waals surface area contributed by atoms with Crippen LogP contribution in [0, 0.1) is 0 Å². The molecule has 0 fully saturated rings. The zero-order chi connectivity index (χ0) is 23.6. The number of hydrogen-bond donors (Lipinski definition) is 1. The van der Waals surface area contributed by atoms with Crippen molar-refractivity contribution in [2.45, 2.75) is 24.3 Å². The predicted octanol–water partition coefficient (Wildman–Crippen LogP) is 4.64. The molecule has 3 aromatic rings. The molecule has 1 atom stereocenters. The van der Waals surface area contributed by atoms with E-state index < -0.39 is 26.1 Å². The summed E-state index contributed by atoms with van der Waals surface area (Å²) in [4.78, 5) is 0.0992. The number of anilines is 1. The summed E-state index contributed by atoms with van der Waals surface area (Å²) in [7, 11) is -7.32. The molecule has 172 valence electrons. The number of hydrazone groups is 1. The van der Waals surface area contributed by atoms with Crippen molar-refractivity contribution in [3.05, 3.63) is 95.0 Å². The first-order chi connectivity index (χ1) is 15.7. The van der Waals surface area contributed by atoms with Crippen molar-refractivity contribution in [2.24, 2.45) is 5.10 Å². The number of nitrogens with zero attached hydrogens (tertiary/aromatic N) is 2. The quantitative estimate of drug-likeness (QED) is 0.508. The minimum Gasteiger partial charge on any atom is -0.284 e. The summed E-state index contributed by atoms with van der Waals surface area (Å²) in [5.41, 5.74) is 2.56. The van der Waals surface area contributed by atoms with E-state index in [1.54, 1.807) is 31.2 Å². The van der Waals surface area contributed by atoms with Crippen LogP contribution in [0.15, 0.2) is 88.9 Å². The standard InChI is InChI=1S/C23H22ClN3O4S2/c1-2-32(28,29)26-20-12-8-17(9-13-20)22-16-23(18-6-4-3-5-7-18)27(25-22)33(30,31)21-14-10-19(24)11-15-21/h3-15,23,26H,2,16H2,1H3/t23-/m0/s1. The van der Waals surface area contributed by atoms with Crippen molar-refractivity contribution in [3.63, 3.8) is 0 Å². The van der Waals surface area contributed by atoms with Crippen LogP contribution < -0.4 is 4.72 Å². The van der Waals surface area contributed by atoms with Crippen LogP contribution in [0.4, 0.5) is 5.69 Å². The molecule has 1 aliphatic heterocycles. The Labute approximate surface area is 198 Å². The molecular weight excluding hydrogens is 482 g/mol. The Morgan fingerprint density at radius 2 is 1.58 bits per heavy atom. The Bertz CT molecular complexity index is 1370. The summed E-state index contributed by atoms with van der Waals surface area (Å²) in [6, 6.07) is 21.5. The van der Waals surface area contributed by atoms with Gasteiger partial charge >= 0.3 is 0 Å². The molecule has 0 unspecified atom stereocenters. The maximum absolute atomic E-state index is 13.4. The molecule has 3 aromatic carbocycles. The van der Waals surface area contributed by atoms with Gasteiger partial charge in [0.15, 0.2) is 0 Å². The van der Waals surface area contributed by atoms with Crippen molar-refractivity contribution in [1.29, 1.82) is 0 Å². The molecular formula is C23H22ClN3O4S2. The maximum atomic E-state index is 13.4. The molecule has 1 aliphatic rings. The van der Waals surface area contributed by atoms with Crippen LogP contribution >= 0.6 is 11.6 Å². The van der Waals surface area contributed by atoms with Crippen LogP contribution in [0.2, 0.25) is 5.02 Å². The lowest BCUT2D eigenvalue weighted by molar-refractivity contribution is 0.371. The van der Waals surface area contributed by atoms with Gasteiger partial charge in [0.25, 0.3) is 10.0 Å². The van der Waals surface area contributed by atoms with Crippen molar-refractivity contribution in [3.8, 4) is 0 Å². The van der Waals surface area contributed by atoms with Crippen molar-refractivity contribution in [2.75, 3.05) is 10.5 Å². The van der Waals surface area contributed by atoms with Gasteiger partial charge < -0.3 is 0 Å². The van der Waals surface area contributed by atoms with Crippen molar-refractivity contribution in [1.82, 2.24) is 4.41 Å². The van der Waals surface area contributed by atoms with E-state index in [-0.39, 0.29) is 10.6 Å². The van der Waals surface area contributed by atoms with Crippen LogP contribution in [0.1, 0.15) is 30.5 Å². The van der Waals surface area contributed by atoms with Gasteiger partial charge in [-0.15, -0.1) is 0 Å². The van der Waals surface area contributed by atoms with E-state index >= 15 is 0 Å². The topological polar surface area (TPSA) is 95.9 Å². The van der Waals surface area contributed by atoms with Crippen LogP contribution in [0.3, 0.4) is 0 Å². The smallest absolute Gasteiger partial charge is 0.279 e. The van der Waals surface area contributed by atoms with Gasteiger partial charge in [-0.3, -0.25) is 4.72 Å². The summed E-state index contributed by atoms with van der Waals surface area (Å²) in [5, 5.41) is 4.94. The molecule has 0 spiro atoms. The van der Waals surface area contributed by atoms with Gasteiger partial charge in [-0.1, -0.05) is 54.1 Å². The minimum absolute atomic E-state index is 0.0300. The summed E-state index contributed by atoms with van der Waals surface area (Å²) in [6.45, 7) is 1.56. The fourth-order valence-corrected chi connectivity index (χ4v) is 5.70. The minimum atomic E-state index is -3.93. The van der Waals surface area contributed by atoms with E-state index in [2.05, 4.69) is 9.82 Å². The van der Waals surface area contributed by atoms with Gasteiger partial charge in [-0.25, -0.2) is 8.42 Å². The molecule has 1 heterocycles. The SMILES string of the molecule is CCS(=O)(=O)Nc1ccc(C2=NN(S(=O)(=O)c3ccc(Cl)cc3)[C@H](c3ccccc3)C2)cc1. The predicted molar refractivity (Wildman–Crippen MR) is 130 cm³/mol. The third-order valence-corrected chi connectivity index (χ3v) is 8.54. The van der Waals surface area contributed by atoms with Gasteiger partial charge in [0.1, 0.15) is 0 Å². The highest BCUT2D eigenvalue weighted by molar-refractivity contribution is 7.92. The van der Waals surface area contributed by atoms with Gasteiger partial charge in [0.2, 0.25) is 10.0 Å². The average Bonchev–Trinajstić information content (AvgIpc) is 3.27. The van der Waals surface area contributed by atoms with E-state index in [9.17, 15) is 16.8 Å². The second kappa shape index (κ2) is 9.17. The van der Waals surface area contributed by atoms with E-state index in [1.165, 1.54) is 24.3 Å². The molecule has 0 bridgehead atoms. The highest BCUT2D eigenvalue weighted by Crippen LogP contribution is 2.37.